The minimum absolute atomic E-state index is 0.00777. The van der Waals surface area contributed by atoms with Gasteiger partial charge in [0.2, 0.25) is 0 Å². The van der Waals surface area contributed by atoms with E-state index in [0.29, 0.717) is 18.2 Å². The fourth-order valence-electron chi connectivity index (χ4n) is 4.14. The Bertz CT molecular complexity index is 719. The fourth-order valence-corrected chi connectivity index (χ4v) is 4.88. The van der Waals surface area contributed by atoms with Gasteiger partial charge in [-0.25, -0.2) is 0 Å². The number of aromatic nitrogens is 1. The molecule has 1 N–H and O–H groups in total. The van der Waals surface area contributed by atoms with Gasteiger partial charge in [0, 0.05) is 50.9 Å². The molecule has 0 bridgehead atoms. The Hall–Kier alpha value is -1.63. The molecule has 25 heavy (non-hydrogen) atoms. The molecule has 2 aliphatic heterocycles. The molecule has 2 saturated heterocycles. The van der Waals surface area contributed by atoms with Gasteiger partial charge in [0.1, 0.15) is 5.69 Å². The molecule has 0 radical (unpaired) electrons. The fraction of sp³-hybridized carbons (Fsp3) is 0.526. The van der Waals surface area contributed by atoms with E-state index in [-0.39, 0.29) is 11.5 Å². The molecule has 4 rings (SSSR count). The van der Waals surface area contributed by atoms with E-state index in [0.717, 1.165) is 39.1 Å². The molecule has 0 aliphatic carbocycles. The quantitative estimate of drug-likeness (QED) is 0.862. The molecule has 2 aliphatic rings. The molecular formula is C19H25N3O2S. The van der Waals surface area contributed by atoms with Crippen LogP contribution in [-0.2, 0) is 18.3 Å². The predicted molar refractivity (Wildman–Crippen MR) is 98.7 cm³/mol. The van der Waals surface area contributed by atoms with Crippen LogP contribution in [0.2, 0.25) is 0 Å². The number of carbonyl (C=O) groups excluding carboxylic acids is 1. The van der Waals surface area contributed by atoms with Crippen LogP contribution in [0.1, 0.15) is 28.2 Å². The number of hydrogen-bond acceptors (Lipinski definition) is 4. The largest absolute Gasteiger partial charge is 0.372 e. The first-order chi connectivity index (χ1) is 12.2. The SMILES string of the molecule is Cn1cccc1C(=O)NCC[C@H]1CCOC12CN(Cc1cccs1)C2. The van der Waals surface area contributed by atoms with E-state index >= 15 is 0 Å². The van der Waals surface area contributed by atoms with Crippen LogP contribution in [-0.4, -0.2) is 47.2 Å². The number of aryl methyl sites for hydroxylation is 1. The summed E-state index contributed by atoms with van der Waals surface area (Å²) in [5, 5.41) is 5.19. The summed E-state index contributed by atoms with van der Waals surface area (Å²) in [5.74, 6) is 0.550. The van der Waals surface area contributed by atoms with Crippen LogP contribution >= 0.6 is 11.3 Å². The molecule has 2 aromatic rings. The maximum absolute atomic E-state index is 12.2. The number of amides is 1. The third kappa shape index (κ3) is 3.38. The molecule has 134 valence electrons. The molecule has 0 saturated carbocycles. The maximum Gasteiger partial charge on any atom is 0.267 e. The van der Waals surface area contributed by atoms with Gasteiger partial charge in [-0.15, -0.1) is 11.3 Å². The summed E-state index contributed by atoms with van der Waals surface area (Å²) in [7, 11) is 1.89. The van der Waals surface area contributed by atoms with Crippen LogP contribution in [0.4, 0.5) is 0 Å². The summed E-state index contributed by atoms with van der Waals surface area (Å²) in [5.41, 5.74) is 0.732. The van der Waals surface area contributed by atoms with Gasteiger partial charge in [-0.2, -0.15) is 0 Å². The van der Waals surface area contributed by atoms with E-state index in [4.69, 9.17) is 4.74 Å². The minimum atomic E-state index is 0.00777. The Kier molecular flexibility index (Phi) is 4.67. The molecule has 0 aromatic carbocycles. The van der Waals surface area contributed by atoms with E-state index in [1.165, 1.54) is 4.88 Å². The summed E-state index contributed by atoms with van der Waals surface area (Å²) in [6, 6.07) is 8.05. The maximum atomic E-state index is 12.2. The Balaban J connectivity index is 1.25. The topological polar surface area (TPSA) is 46.5 Å². The van der Waals surface area contributed by atoms with E-state index < -0.39 is 0 Å². The summed E-state index contributed by atoms with van der Waals surface area (Å²) in [6.45, 7) is 4.62. The molecule has 2 aromatic heterocycles. The molecule has 1 atom stereocenters. The second-order valence-corrected chi connectivity index (χ2v) is 8.20. The van der Waals surface area contributed by atoms with Gasteiger partial charge in [-0.3, -0.25) is 9.69 Å². The average Bonchev–Trinajstić information content (AvgIpc) is 3.28. The summed E-state index contributed by atoms with van der Waals surface area (Å²) in [6.07, 6.45) is 3.99. The summed E-state index contributed by atoms with van der Waals surface area (Å²) >= 11 is 1.82. The third-order valence-electron chi connectivity index (χ3n) is 5.50. The van der Waals surface area contributed by atoms with Crippen LogP contribution in [0.5, 0.6) is 0 Å². The predicted octanol–water partition coefficient (Wildman–Crippen LogP) is 2.50. The third-order valence-corrected chi connectivity index (χ3v) is 6.36. The Morgan fingerprint density at radius 3 is 3.00 bits per heavy atom. The first kappa shape index (κ1) is 16.8. The highest BCUT2D eigenvalue weighted by Crippen LogP contribution is 2.42. The number of hydrogen-bond donors (Lipinski definition) is 1. The summed E-state index contributed by atoms with van der Waals surface area (Å²) in [4.78, 5) is 16.1. The zero-order chi connectivity index (χ0) is 17.3. The molecule has 1 amide bonds. The Morgan fingerprint density at radius 1 is 1.40 bits per heavy atom. The van der Waals surface area contributed by atoms with E-state index in [2.05, 4.69) is 27.7 Å². The zero-order valence-corrected chi connectivity index (χ0v) is 15.4. The van der Waals surface area contributed by atoms with Gasteiger partial charge in [0.15, 0.2) is 0 Å². The second kappa shape index (κ2) is 6.94. The van der Waals surface area contributed by atoms with Crippen molar-refractivity contribution in [3.8, 4) is 0 Å². The van der Waals surface area contributed by atoms with Crippen molar-refractivity contribution >= 4 is 17.2 Å². The van der Waals surface area contributed by atoms with Crippen molar-refractivity contribution in [2.24, 2.45) is 13.0 Å². The van der Waals surface area contributed by atoms with Gasteiger partial charge in [0.05, 0.1) is 5.60 Å². The lowest BCUT2D eigenvalue weighted by Crippen LogP contribution is -2.64. The lowest BCUT2D eigenvalue weighted by molar-refractivity contribution is -0.136. The first-order valence-corrected chi connectivity index (χ1v) is 9.82. The molecule has 1 spiro atoms. The van der Waals surface area contributed by atoms with Crippen LogP contribution < -0.4 is 5.32 Å². The minimum Gasteiger partial charge on any atom is -0.372 e. The normalized spacial score (nSPS) is 22.2. The van der Waals surface area contributed by atoms with E-state index in [9.17, 15) is 4.79 Å². The number of rotatable bonds is 6. The Labute approximate surface area is 152 Å². The highest BCUT2D eigenvalue weighted by atomic mass is 32.1. The van der Waals surface area contributed by atoms with Crippen molar-refractivity contribution < 1.29 is 9.53 Å². The molecule has 0 unspecified atom stereocenters. The number of likely N-dealkylation sites (tertiary alicyclic amines) is 1. The van der Waals surface area contributed by atoms with Crippen LogP contribution in [0, 0.1) is 5.92 Å². The lowest BCUT2D eigenvalue weighted by Gasteiger charge is -2.50. The van der Waals surface area contributed by atoms with Gasteiger partial charge < -0.3 is 14.6 Å². The van der Waals surface area contributed by atoms with Gasteiger partial charge in [0.25, 0.3) is 5.91 Å². The van der Waals surface area contributed by atoms with Crippen molar-refractivity contribution in [1.29, 1.82) is 0 Å². The van der Waals surface area contributed by atoms with Crippen molar-refractivity contribution in [3.05, 3.63) is 46.4 Å². The number of carbonyl (C=O) groups is 1. The highest BCUT2D eigenvalue weighted by Gasteiger charge is 2.52. The van der Waals surface area contributed by atoms with E-state index in [1.54, 1.807) is 0 Å². The number of thiophene rings is 1. The van der Waals surface area contributed by atoms with Crippen molar-refractivity contribution in [2.75, 3.05) is 26.2 Å². The van der Waals surface area contributed by atoms with Crippen LogP contribution in [0.3, 0.4) is 0 Å². The van der Waals surface area contributed by atoms with Crippen LogP contribution in [0.25, 0.3) is 0 Å². The van der Waals surface area contributed by atoms with Gasteiger partial charge in [-0.1, -0.05) is 6.07 Å². The molecule has 5 nitrogen and oxygen atoms in total. The smallest absolute Gasteiger partial charge is 0.267 e. The second-order valence-electron chi connectivity index (χ2n) is 7.17. The molecule has 2 fully saturated rings. The molecular weight excluding hydrogens is 334 g/mol. The van der Waals surface area contributed by atoms with Crippen LogP contribution in [0.15, 0.2) is 35.8 Å². The van der Waals surface area contributed by atoms with Crippen molar-refractivity contribution in [2.45, 2.75) is 25.0 Å². The molecule has 4 heterocycles. The lowest BCUT2D eigenvalue weighted by atomic mass is 9.79. The van der Waals surface area contributed by atoms with Crippen molar-refractivity contribution in [3.63, 3.8) is 0 Å². The Morgan fingerprint density at radius 2 is 2.28 bits per heavy atom. The van der Waals surface area contributed by atoms with Crippen molar-refractivity contribution in [1.82, 2.24) is 14.8 Å². The standard InChI is InChI=1S/C19H25N3O2S/c1-21-9-2-5-17(21)18(23)20-8-6-15-7-10-24-19(15)13-22(14-19)12-16-4-3-11-25-16/h2-5,9,11,15H,6-8,10,12-14H2,1H3,(H,20,23)/t15-/m0/s1. The van der Waals surface area contributed by atoms with Gasteiger partial charge in [-0.05, 0) is 42.3 Å². The van der Waals surface area contributed by atoms with E-state index in [1.807, 2.05) is 41.3 Å². The zero-order valence-electron chi connectivity index (χ0n) is 14.6. The number of ether oxygens (including phenoxy) is 1. The molecule has 6 heteroatoms. The van der Waals surface area contributed by atoms with Gasteiger partial charge >= 0.3 is 0 Å². The number of nitrogens with zero attached hydrogens (tertiary/aromatic N) is 2. The first-order valence-electron chi connectivity index (χ1n) is 8.94. The average molecular weight is 359 g/mol. The summed E-state index contributed by atoms with van der Waals surface area (Å²) < 4.78 is 7.98. The number of nitrogens with one attached hydrogen (secondary N) is 1. The monoisotopic (exact) mass is 359 g/mol. The highest BCUT2D eigenvalue weighted by molar-refractivity contribution is 7.09.